The molecule has 2 aromatic carbocycles. The van der Waals surface area contributed by atoms with E-state index in [0.29, 0.717) is 10.7 Å². The maximum atomic E-state index is 12.6. The fourth-order valence-electron chi connectivity index (χ4n) is 3.39. The summed E-state index contributed by atoms with van der Waals surface area (Å²) in [6.07, 6.45) is 2.87. The third kappa shape index (κ3) is 2.66. The molecule has 0 unspecified atom stereocenters. The highest BCUT2D eigenvalue weighted by molar-refractivity contribution is 7.20. The van der Waals surface area contributed by atoms with Gasteiger partial charge in [0.15, 0.2) is 5.01 Å². The minimum atomic E-state index is -0.218. The second-order valence-electron chi connectivity index (χ2n) is 6.80. The number of hydrogen-bond donors (Lipinski definition) is 1. The molecule has 5 rings (SSSR count). The summed E-state index contributed by atoms with van der Waals surface area (Å²) in [6, 6.07) is 13.5. The molecule has 1 aromatic heterocycles. The number of nitrogens with one attached hydrogen (secondary N) is 1. The van der Waals surface area contributed by atoms with Gasteiger partial charge in [0.25, 0.3) is 5.91 Å². The molecule has 1 saturated carbocycles. The average Bonchev–Trinajstić information content (AvgIpc) is 3.27. The molecule has 0 atom stereocenters. The molecular formula is C20H17N3O2S. The maximum Gasteiger partial charge on any atom is 0.284 e. The molecule has 6 heteroatoms. The fraction of sp³-hybridized carbons (Fsp3) is 0.250. The number of nitrogens with zero attached hydrogens (tertiary/aromatic N) is 2. The van der Waals surface area contributed by atoms with Crippen molar-refractivity contribution in [3.8, 4) is 0 Å². The quantitative estimate of drug-likeness (QED) is 0.769. The van der Waals surface area contributed by atoms with Gasteiger partial charge in [0.05, 0.1) is 10.2 Å². The summed E-state index contributed by atoms with van der Waals surface area (Å²) in [5, 5.41) is 3.37. The minimum Gasteiger partial charge on any atom is -0.320 e. The van der Waals surface area contributed by atoms with Gasteiger partial charge in [-0.2, -0.15) is 0 Å². The van der Waals surface area contributed by atoms with Gasteiger partial charge in [-0.3, -0.25) is 9.59 Å². The highest BCUT2D eigenvalue weighted by Gasteiger charge is 2.36. The largest absolute Gasteiger partial charge is 0.320 e. The Morgan fingerprint density at radius 3 is 2.81 bits per heavy atom. The number of rotatable bonds is 3. The minimum absolute atomic E-state index is 0.196. The van der Waals surface area contributed by atoms with Crippen LogP contribution in [0.3, 0.4) is 0 Å². The summed E-state index contributed by atoms with van der Waals surface area (Å²) in [5.41, 5.74) is 3.63. The SMILES string of the molecule is O=C(Nc1ccc2c(c1)N(C(=O)C1CC1)CC2)c1nc2ccccc2s1. The second-order valence-corrected chi connectivity index (χ2v) is 7.83. The molecule has 1 fully saturated rings. The molecule has 130 valence electrons. The molecule has 0 radical (unpaired) electrons. The van der Waals surface area contributed by atoms with Crippen molar-refractivity contribution in [2.75, 3.05) is 16.8 Å². The van der Waals surface area contributed by atoms with Gasteiger partial charge < -0.3 is 10.2 Å². The summed E-state index contributed by atoms with van der Waals surface area (Å²) in [5.74, 6) is 0.199. The van der Waals surface area contributed by atoms with Gasteiger partial charge >= 0.3 is 0 Å². The number of fused-ring (bicyclic) bond motifs is 2. The molecule has 2 aliphatic rings. The van der Waals surface area contributed by atoms with Crippen molar-refractivity contribution in [2.45, 2.75) is 19.3 Å². The number of benzene rings is 2. The maximum absolute atomic E-state index is 12.6. The zero-order valence-corrected chi connectivity index (χ0v) is 14.9. The number of amides is 2. The Kier molecular flexibility index (Phi) is 3.53. The average molecular weight is 363 g/mol. The Bertz CT molecular complexity index is 1010. The van der Waals surface area contributed by atoms with Crippen molar-refractivity contribution >= 4 is 44.7 Å². The molecule has 0 saturated heterocycles. The van der Waals surface area contributed by atoms with Gasteiger partial charge in [-0.05, 0) is 49.1 Å². The van der Waals surface area contributed by atoms with Crippen molar-refractivity contribution in [3.63, 3.8) is 0 Å². The first-order valence-electron chi connectivity index (χ1n) is 8.80. The molecule has 1 aliphatic carbocycles. The predicted molar refractivity (Wildman–Crippen MR) is 103 cm³/mol. The number of anilines is 2. The molecule has 3 aromatic rings. The van der Waals surface area contributed by atoms with Crippen molar-refractivity contribution in [2.24, 2.45) is 5.92 Å². The third-order valence-corrected chi connectivity index (χ3v) is 5.95. The molecule has 2 amide bonds. The van der Waals surface area contributed by atoms with E-state index in [2.05, 4.69) is 10.3 Å². The van der Waals surface area contributed by atoms with Crippen LogP contribution in [0.15, 0.2) is 42.5 Å². The molecule has 26 heavy (non-hydrogen) atoms. The fourth-order valence-corrected chi connectivity index (χ4v) is 4.25. The van der Waals surface area contributed by atoms with Crippen LogP contribution in [0.1, 0.15) is 28.2 Å². The Morgan fingerprint density at radius 1 is 1.15 bits per heavy atom. The van der Waals surface area contributed by atoms with E-state index in [1.807, 2.05) is 47.4 Å². The van der Waals surface area contributed by atoms with Crippen molar-refractivity contribution in [3.05, 3.63) is 53.0 Å². The summed E-state index contributed by atoms with van der Waals surface area (Å²) >= 11 is 1.38. The van der Waals surface area contributed by atoms with Crippen LogP contribution in [0.4, 0.5) is 11.4 Å². The van der Waals surface area contributed by atoms with Crippen LogP contribution in [0.2, 0.25) is 0 Å². The summed E-state index contributed by atoms with van der Waals surface area (Å²) < 4.78 is 0.993. The smallest absolute Gasteiger partial charge is 0.284 e. The van der Waals surface area contributed by atoms with Gasteiger partial charge in [0.1, 0.15) is 0 Å². The van der Waals surface area contributed by atoms with Crippen LogP contribution < -0.4 is 10.2 Å². The topological polar surface area (TPSA) is 62.3 Å². The highest BCUT2D eigenvalue weighted by atomic mass is 32.1. The lowest BCUT2D eigenvalue weighted by atomic mass is 10.1. The first-order chi connectivity index (χ1) is 12.7. The van der Waals surface area contributed by atoms with E-state index in [-0.39, 0.29) is 17.7 Å². The van der Waals surface area contributed by atoms with E-state index in [0.717, 1.165) is 47.3 Å². The first-order valence-corrected chi connectivity index (χ1v) is 9.62. The first kappa shape index (κ1) is 15.5. The molecule has 5 nitrogen and oxygen atoms in total. The number of carbonyl (C=O) groups excluding carboxylic acids is 2. The van der Waals surface area contributed by atoms with Crippen molar-refractivity contribution in [1.82, 2.24) is 4.98 Å². The van der Waals surface area contributed by atoms with Gasteiger partial charge in [-0.25, -0.2) is 4.98 Å². The highest BCUT2D eigenvalue weighted by Crippen LogP contribution is 2.37. The zero-order chi connectivity index (χ0) is 17.7. The van der Waals surface area contributed by atoms with Gasteiger partial charge in [0, 0.05) is 23.8 Å². The van der Waals surface area contributed by atoms with E-state index in [9.17, 15) is 9.59 Å². The molecule has 0 bridgehead atoms. The van der Waals surface area contributed by atoms with Gasteiger partial charge in [-0.15, -0.1) is 11.3 Å². The third-order valence-electron chi connectivity index (χ3n) is 4.92. The molecule has 1 aliphatic heterocycles. The van der Waals surface area contributed by atoms with E-state index in [4.69, 9.17) is 0 Å². The van der Waals surface area contributed by atoms with Crippen LogP contribution in [-0.4, -0.2) is 23.3 Å². The standard InChI is InChI=1S/C20H17N3O2S/c24-18(19-22-15-3-1-2-4-17(15)26-19)21-14-8-7-12-9-10-23(16(12)11-14)20(25)13-5-6-13/h1-4,7-8,11,13H,5-6,9-10H2,(H,21,24). The van der Waals surface area contributed by atoms with E-state index in [1.165, 1.54) is 11.3 Å². The summed E-state index contributed by atoms with van der Waals surface area (Å²) in [4.78, 5) is 31.3. The van der Waals surface area contributed by atoms with Crippen LogP contribution in [0.5, 0.6) is 0 Å². The van der Waals surface area contributed by atoms with Gasteiger partial charge in [0.2, 0.25) is 5.91 Å². The van der Waals surface area contributed by atoms with Crippen molar-refractivity contribution < 1.29 is 9.59 Å². The molecule has 0 spiro atoms. The lowest BCUT2D eigenvalue weighted by Crippen LogP contribution is -2.30. The van der Waals surface area contributed by atoms with E-state index >= 15 is 0 Å². The number of hydrogen-bond acceptors (Lipinski definition) is 4. The zero-order valence-electron chi connectivity index (χ0n) is 14.1. The molecular weight excluding hydrogens is 346 g/mol. The monoisotopic (exact) mass is 363 g/mol. The van der Waals surface area contributed by atoms with E-state index < -0.39 is 0 Å². The Hall–Kier alpha value is -2.73. The number of thiazole rings is 1. The lowest BCUT2D eigenvalue weighted by Gasteiger charge is -2.17. The van der Waals surface area contributed by atoms with Crippen LogP contribution in [0.25, 0.3) is 10.2 Å². The second kappa shape index (κ2) is 5.92. The van der Waals surface area contributed by atoms with Gasteiger partial charge in [-0.1, -0.05) is 18.2 Å². The number of aromatic nitrogens is 1. The lowest BCUT2D eigenvalue weighted by molar-refractivity contribution is -0.119. The molecule has 2 heterocycles. The van der Waals surface area contributed by atoms with E-state index in [1.54, 1.807) is 0 Å². The van der Waals surface area contributed by atoms with Crippen LogP contribution >= 0.6 is 11.3 Å². The Labute approximate surface area is 154 Å². The Balaban J connectivity index is 1.39. The van der Waals surface area contributed by atoms with Crippen molar-refractivity contribution in [1.29, 1.82) is 0 Å². The molecule has 1 N–H and O–H groups in total. The number of carbonyl (C=O) groups is 2. The Morgan fingerprint density at radius 2 is 2.00 bits per heavy atom. The predicted octanol–water partition coefficient (Wildman–Crippen LogP) is 3.85. The summed E-state index contributed by atoms with van der Waals surface area (Å²) in [7, 11) is 0. The summed E-state index contributed by atoms with van der Waals surface area (Å²) in [6.45, 7) is 0.736. The number of para-hydroxylation sites is 1. The van der Waals surface area contributed by atoms with Crippen LogP contribution in [0, 0.1) is 5.92 Å². The normalized spacial score (nSPS) is 15.9. The van der Waals surface area contributed by atoms with Crippen LogP contribution in [-0.2, 0) is 11.2 Å².